The van der Waals surface area contributed by atoms with Crippen LogP contribution in [0.2, 0.25) is 0 Å². The van der Waals surface area contributed by atoms with Gasteiger partial charge in [-0.25, -0.2) is 4.39 Å². The van der Waals surface area contributed by atoms with Crippen molar-refractivity contribution in [1.29, 1.82) is 0 Å². The van der Waals surface area contributed by atoms with E-state index in [1.165, 1.54) is 18.2 Å². The molecule has 0 saturated carbocycles. The van der Waals surface area contributed by atoms with Crippen molar-refractivity contribution in [3.8, 4) is 5.75 Å². The molecule has 3 nitrogen and oxygen atoms in total. The first-order valence-electron chi connectivity index (χ1n) is 8.09. The minimum atomic E-state index is -4.73. The van der Waals surface area contributed by atoms with E-state index in [0.717, 1.165) is 37.3 Å². The third-order valence-corrected chi connectivity index (χ3v) is 4.85. The van der Waals surface area contributed by atoms with Crippen molar-refractivity contribution < 1.29 is 22.3 Å². The number of hydrogen-bond donors (Lipinski definition) is 1. The van der Waals surface area contributed by atoms with E-state index >= 15 is 0 Å². The van der Waals surface area contributed by atoms with Gasteiger partial charge in [-0.1, -0.05) is 18.2 Å². The molecule has 2 aromatic carbocycles. The van der Waals surface area contributed by atoms with Crippen LogP contribution in [0.15, 0.2) is 46.9 Å². The van der Waals surface area contributed by atoms with Gasteiger partial charge in [-0.2, -0.15) is 0 Å². The number of hydrogen-bond acceptors (Lipinski definition) is 3. The number of alkyl halides is 3. The van der Waals surface area contributed by atoms with Crippen LogP contribution in [0.3, 0.4) is 0 Å². The van der Waals surface area contributed by atoms with E-state index in [0.29, 0.717) is 4.47 Å². The first-order valence-corrected chi connectivity index (χ1v) is 8.88. The smallest absolute Gasteiger partial charge is 0.406 e. The van der Waals surface area contributed by atoms with Gasteiger partial charge in [0, 0.05) is 26.2 Å². The van der Waals surface area contributed by atoms with Crippen molar-refractivity contribution in [3.63, 3.8) is 0 Å². The predicted octanol–water partition coefficient (Wildman–Crippen LogP) is 5.33. The molecule has 156 valence electrons. The second-order valence-corrected chi connectivity index (χ2v) is 6.83. The predicted molar refractivity (Wildman–Crippen MR) is 108 cm³/mol. The maximum absolute atomic E-state index is 14.0. The Morgan fingerprint density at radius 1 is 0.964 bits per heavy atom. The van der Waals surface area contributed by atoms with E-state index in [-0.39, 0.29) is 42.4 Å². The Labute approximate surface area is 181 Å². The summed E-state index contributed by atoms with van der Waals surface area (Å²) in [6.07, 6.45) is -4.73. The lowest BCUT2D eigenvalue weighted by Crippen LogP contribution is -2.45. The molecular formula is C18H19BrCl2F4N2O. The summed E-state index contributed by atoms with van der Waals surface area (Å²) in [4.78, 5) is 2.18. The van der Waals surface area contributed by atoms with Crippen LogP contribution in [0, 0.1) is 5.82 Å². The van der Waals surface area contributed by atoms with Gasteiger partial charge in [0.05, 0.1) is 10.5 Å². The van der Waals surface area contributed by atoms with E-state index in [4.69, 9.17) is 0 Å². The number of ether oxygens (including phenoxy) is 1. The molecule has 0 amide bonds. The summed E-state index contributed by atoms with van der Waals surface area (Å²) in [6.45, 7) is 3.10. The summed E-state index contributed by atoms with van der Waals surface area (Å²) in [6, 6.07) is 10.4. The number of nitrogens with zero attached hydrogens (tertiary/aromatic N) is 1. The molecular weight excluding hydrogens is 487 g/mol. The van der Waals surface area contributed by atoms with Crippen molar-refractivity contribution >= 4 is 40.7 Å². The van der Waals surface area contributed by atoms with E-state index < -0.39 is 6.36 Å². The van der Waals surface area contributed by atoms with Crippen LogP contribution in [0.5, 0.6) is 5.75 Å². The normalized spacial score (nSPS) is 15.9. The van der Waals surface area contributed by atoms with Crippen LogP contribution in [-0.4, -0.2) is 37.4 Å². The topological polar surface area (TPSA) is 24.5 Å². The van der Waals surface area contributed by atoms with E-state index in [9.17, 15) is 17.6 Å². The Morgan fingerprint density at radius 3 is 2.07 bits per heavy atom. The minimum Gasteiger partial charge on any atom is -0.406 e. The molecule has 1 aliphatic heterocycles. The van der Waals surface area contributed by atoms with Crippen molar-refractivity contribution in [2.24, 2.45) is 0 Å². The third-order valence-electron chi connectivity index (χ3n) is 4.21. The zero-order chi connectivity index (χ0) is 18.7. The first-order chi connectivity index (χ1) is 12.3. The molecule has 1 aliphatic rings. The number of piperazine rings is 1. The molecule has 0 spiro atoms. The summed E-state index contributed by atoms with van der Waals surface area (Å²) in [5.74, 6) is -0.651. The van der Waals surface area contributed by atoms with Crippen molar-refractivity contribution in [2.75, 3.05) is 26.2 Å². The molecule has 0 aliphatic carbocycles. The van der Waals surface area contributed by atoms with Crippen LogP contribution >= 0.6 is 40.7 Å². The molecule has 0 aromatic heterocycles. The zero-order valence-corrected chi connectivity index (χ0v) is 17.7. The van der Waals surface area contributed by atoms with Crippen molar-refractivity contribution in [2.45, 2.75) is 12.4 Å². The van der Waals surface area contributed by atoms with Gasteiger partial charge in [0.2, 0.25) is 0 Å². The number of halogens is 7. The maximum atomic E-state index is 14.0. The average molecular weight is 506 g/mol. The fourth-order valence-corrected chi connectivity index (χ4v) is 3.34. The quantitative estimate of drug-likeness (QED) is 0.569. The molecule has 10 heteroatoms. The largest absolute Gasteiger partial charge is 0.573 e. The second kappa shape index (κ2) is 10.6. The number of nitrogens with one attached hydrogen (secondary N) is 1. The zero-order valence-electron chi connectivity index (χ0n) is 14.5. The Balaban J connectivity index is 0.00000196. The number of benzene rings is 2. The lowest BCUT2D eigenvalue weighted by molar-refractivity contribution is -0.274. The molecule has 1 fully saturated rings. The molecule has 28 heavy (non-hydrogen) atoms. The van der Waals surface area contributed by atoms with Gasteiger partial charge in [-0.15, -0.1) is 38.0 Å². The van der Waals surface area contributed by atoms with Gasteiger partial charge in [-0.05, 0) is 51.3 Å². The molecule has 1 heterocycles. The van der Waals surface area contributed by atoms with Crippen LogP contribution in [0.1, 0.15) is 17.2 Å². The minimum absolute atomic E-state index is 0. The van der Waals surface area contributed by atoms with E-state index in [1.54, 1.807) is 18.2 Å². The lowest BCUT2D eigenvalue weighted by atomic mass is 9.96. The van der Waals surface area contributed by atoms with Gasteiger partial charge >= 0.3 is 6.36 Å². The standard InChI is InChI=1S/C18H17BrF4N2O.2ClH/c19-15-6-3-13(11-16(15)20)17(25-9-7-24-8-10-25)12-1-4-14(5-2-12)26-18(21,22)23;;/h1-6,11,17,24H,7-10H2;2*1H/t17-;;/m0../s1. The molecule has 2 aromatic rings. The van der Waals surface area contributed by atoms with Crippen LogP contribution in [0.4, 0.5) is 17.6 Å². The molecule has 3 rings (SSSR count). The molecule has 0 unspecified atom stereocenters. The Bertz CT molecular complexity index is 756. The highest BCUT2D eigenvalue weighted by Crippen LogP contribution is 2.33. The van der Waals surface area contributed by atoms with Crippen LogP contribution in [0.25, 0.3) is 0 Å². The number of rotatable bonds is 4. The summed E-state index contributed by atoms with van der Waals surface area (Å²) < 4.78 is 55.4. The molecule has 1 saturated heterocycles. The highest BCUT2D eigenvalue weighted by molar-refractivity contribution is 9.10. The van der Waals surface area contributed by atoms with Gasteiger partial charge < -0.3 is 10.1 Å². The van der Waals surface area contributed by atoms with Crippen molar-refractivity contribution in [1.82, 2.24) is 10.2 Å². The fraction of sp³-hybridized carbons (Fsp3) is 0.333. The van der Waals surface area contributed by atoms with Crippen LogP contribution < -0.4 is 10.1 Å². The summed E-state index contributed by atoms with van der Waals surface area (Å²) >= 11 is 3.15. The Kier molecular flexibility index (Phi) is 9.49. The highest BCUT2D eigenvalue weighted by Gasteiger charge is 2.31. The first kappa shape index (κ1) is 25.0. The average Bonchev–Trinajstić information content (AvgIpc) is 2.59. The van der Waals surface area contributed by atoms with Gasteiger partial charge in [0.15, 0.2) is 0 Å². The molecule has 1 atom stereocenters. The third kappa shape index (κ3) is 6.49. The molecule has 0 radical (unpaired) electrons. The molecule has 1 N–H and O–H groups in total. The summed E-state index contributed by atoms with van der Waals surface area (Å²) in [5, 5.41) is 3.26. The maximum Gasteiger partial charge on any atom is 0.573 e. The lowest BCUT2D eigenvalue weighted by Gasteiger charge is -2.35. The highest BCUT2D eigenvalue weighted by atomic mass is 79.9. The van der Waals surface area contributed by atoms with Gasteiger partial charge in [0.25, 0.3) is 0 Å². The van der Waals surface area contributed by atoms with Crippen molar-refractivity contribution in [3.05, 3.63) is 63.9 Å². The van der Waals surface area contributed by atoms with E-state index in [2.05, 4.69) is 30.9 Å². The second-order valence-electron chi connectivity index (χ2n) is 5.98. The SMILES string of the molecule is Cl.Cl.Fc1cc([C@H](c2ccc(OC(F)(F)F)cc2)N2CCNCC2)ccc1Br. The monoisotopic (exact) mass is 504 g/mol. The van der Waals surface area contributed by atoms with Gasteiger partial charge in [-0.3, -0.25) is 4.90 Å². The Morgan fingerprint density at radius 2 is 1.54 bits per heavy atom. The summed E-state index contributed by atoms with van der Waals surface area (Å²) in [7, 11) is 0. The van der Waals surface area contributed by atoms with Gasteiger partial charge in [0.1, 0.15) is 11.6 Å². The van der Waals surface area contributed by atoms with E-state index in [1.807, 2.05) is 6.07 Å². The fourth-order valence-electron chi connectivity index (χ4n) is 3.09. The summed E-state index contributed by atoms with van der Waals surface area (Å²) in [5.41, 5.74) is 1.53. The molecule has 0 bridgehead atoms. The van der Waals surface area contributed by atoms with Crippen LogP contribution in [-0.2, 0) is 0 Å². The Hall–Kier alpha value is -1.06.